The van der Waals surface area contributed by atoms with Crippen molar-refractivity contribution in [3.05, 3.63) is 94.5 Å². The Hall–Kier alpha value is -3.53. The fourth-order valence-electron chi connectivity index (χ4n) is 5.05. The highest BCUT2D eigenvalue weighted by Gasteiger charge is 2.71. The van der Waals surface area contributed by atoms with E-state index in [-0.39, 0.29) is 36.5 Å². The lowest BCUT2D eigenvalue weighted by Gasteiger charge is -2.34. The lowest BCUT2D eigenvalue weighted by molar-refractivity contribution is -0.376. The van der Waals surface area contributed by atoms with Gasteiger partial charge in [0, 0.05) is 11.3 Å². The van der Waals surface area contributed by atoms with Gasteiger partial charge in [0.15, 0.2) is 0 Å². The highest BCUT2D eigenvalue weighted by molar-refractivity contribution is 5.98. The summed E-state index contributed by atoms with van der Waals surface area (Å²) in [6.07, 6.45) is -12.4. The Morgan fingerprint density at radius 3 is 2.10 bits per heavy atom. The Labute approximate surface area is 228 Å². The first-order valence-corrected chi connectivity index (χ1v) is 12.7. The Morgan fingerprint density at radius 2 is 1.52 bits per heavy atom. The molecule has 0 aliphatic carbocycles. The van der Waals surface area contributed by atoms with Gasteiger partial charge < -0.3 is 14.7 Å². The Bertz CT molecular complexity index is 1340. The standard InChI is InChI=1S/C30H29F6NO3/c1-18-8-7-9-19(2)26(18)40-24-14-12-22-16-23(28(39,29(31,32)33)30(34,35)36)13-15-25(22)37(17-24)27(38)20(3)21-10-5-4-6-11-21/h4-11,13,15-16,20,24,39H,12,14,17H2,1-3H3. The molecule has 2 atom stereocenters. The maximum atomic E-state index is 13.8. The molecular weight excluding hydrogens is 536 g/mol. The van der Waals surface area contributed by atoms with Gasteiger partial charge in [-0.3, -0.25) is 4.79 Å². The Balaban J connectivity index is 1.79. The molecule has 0 radical (unpaired) electrons. The summed E-state index contributed by atoms with van der Waals surface area (Å²) >= 11 is 0. The number of hydrogen-bond acceptors (Lipinski definition) is 3. The van der Waals surface area contributed by atoms with Crippen molar-refractivity contribution in [2.24, 2.45) is 0 Å². The molecule has 40 heavy (non-hydrogen) atoms. The molecule has 0 saturated carbocycles. The van der Waals surface area contributed by atoms with Gasteiger partial charge in [0.25, 0.3) is 5.60 Å². The summed E-state index contributed by atoms with van der Waals surface area (Å²) in [6, 6.07) is 16.8. The average molecular weight is 566 g/mol. The smallest absolute Gasteiger partial charge is 0.430 e. The number of aryl methyl sites for hydroxylation is 3. The second-order valence-electron chi connectivity index (χ2n) is 10.1. The maximum absolute atomic E-state index is 13.8. The number of halogens is 6. The summed E-state index contributed by atoms with van der Waals surface area (Å²) < 4.78 is 88.0. The first-order valence-electron chi connectivity index (χ1n) is 12.7. The molecule has 1 heterocycles. The number of anilines is 1. The van der Waals surface area contributed by atoms with Crippen LogP contribution in [0.3, 0.4) is 0 Å². The van der Waals surface area contributed by atoms with Gasteiger partial charge >= 0.3 is 12.4 Å². The van der Waals surface area contributed by atoms with Crippen LogP contribution in [-0.2, 0) is 16.8 Å². The van der Waals surface area contributed by atoms with E-state index in [9.17, 15) is 36.2 Å². The van der Waals surface area contributed by atoms with Crippen molar-refractivity contribution in [3.8, 4) is 5.75 Å². The molecule has 3 aromatic rings. The van der Waals surface area contributed by atoms with Crippen LogP contribution in [0.1, 0.15) is 47.1 Å². The lowest BCUT2D eigenvalue weighted by atomic mass is 9.89. The molecule has 1 aliphatic heterocycles. The number of rotatable bonds is 5. The molecule has 1 aliphatic rings. The Morgan fingerprint density at radius 1 is 0.925 bits per heavy atom. The van der Waals surface area contributed by atoms with Crippen LogP contribution in [-0.4, -0.2) is 36.0 Å². The molecule has 0 aromatic heterocycles. The van der Waals surface area contributed by atoms with Gasteiger partial charge in [-0.1, -0.05) is 60.7 Å². The fraction of sp³-hybridized carbons (Fsp3) is 0.367. The monoisotopic (exact) mass is 565 g/mol. The van der Waals surface area contributed by atoms with Crippen LogP contribution in [0.25, 0.3) is 0 Å². The summed E-state index contributed by atoms with van der Waals surface area (Å²) in [5, 5.41) is 9.99. The molecule has 10 heteroatoms. The molecule has 0 fully saturated rings. The number of hydrogen-bond donors (Lipinski definition) is 1. The van der Waals surface area contributed by atoms with Crippen molar-refractivity contribution in [3.63, 3.8) is 0 Å². The number of carbonyl (C=O) groups excluding carboxylic acids is 1. The van der Waals surface area contributed by atoms with E-state index in [0.29, 0.717) is 23.4 Å². The number of nitrogens with zero attached hydrogens (tertiary/aromatic N) is 1. The molecule has 3 aromatic carbocycles. The first-order chi connectivity index (χ1) is 18.6. The van der Waals surface area contributed by atoms with Gasteiger partial charge in [-0.25, -0.2) is 0 Å². The van der Waals surface area contributed by atoms with E-state index in [4.69, 9.17) is 4.74 Å². The Kier molecular flexibility index (Phi) is 7.95. The molecule has 0 spiro atoms. The summed E-state index contributed by atoms with van der Waals surface area (Å²) in [4.78, 5) is 15.2. The average Bonchev–Trinajstić information content (AvgIpc) is 3.08. The molecule has 1 N–H and O–H groups in total. The predicted molar refractivity (Wildman–Crippen MR) is 138 cm³/mol. The minimum atomic E-state index is -6.02. The van der Waals surface area contributed by atoms with Gasteiger partial charge in [-0.05, 0) is 61.9 Å². The van der Waals surface area contributed by atoms with Crippen molar-refractivity contribution < 1.29 is 41.0 Å². The van der Waals surface area contributed by atoms with E-state index < -0.39 is 35.5 Å². The van der Waals surface area contributed by atoms with Gasteiger partial charge in [0.05, 0.1) is 12.5 Å². The number of ether oxygens (including phenoxy) is 1. The zero-order chi connectivity index (χ0) is 29.5. The molecule has 1 amide bonds. The topological polar surface area (TPSA) is 49.8 Å². The van der Waals surface area contributed by atoms with E-state index in [1.165, 1.54) is 4.90 Å². The van der Waals surface area contributed by atoms with Crippen molar-refractivity contribution in [2.45, 2.75) is 63.6 Å². The van der Waals surface area contributed by atoms with E-state index in [1.807, 2.05) is 32.0 Å². The zero-order valence-corrected chi connectivity index (χ0v) is 22.1. The van der Waals surface area contributed by atoms with E-state index in [2.05, 4.69) is 0 Å². The third-order valence-corrected chi connectivity index (χ3v) is 7.36. The van der Waals surface area contributed by atoms with Crippen LogP contribution in [0.4, 0.5) is 32.0 Å². The molecule has 2 unspecified atom stereocenters. The molecule has 4 rings (SSSR count). The molecular formula is C30H29F6NO3. The number of amides is 1. The summed E-state index contributed by atoms with van der Waals surface area (Å²) in [7, 11) is 0. The van der Waals surface area contributed by atoms with Crippen LogP contribution >= 0.6 is 0 Å². The lowest BCUT2D eigenvalue weighted by Crippen LogP contribution is -2.54. The summed E-state index contributed by atoms with van der Waals surface area (Å²) in [5.41, 5.74) is -3.78. The van der Waals surface area contributed by atoms with E-state index >= 15 is 0 Å². The van der Waals surface area contributed by atoms with Gasteiger partial charge in [-0.15, -0.1) is 0 Å². The summed E-state index contributed by atoms with van der Waals surface area (Å²) in [5.74, 6) is -0.444. The number of benzene rings is 3. The SMILES string of the molecule is Cc1cccc(C)c1OC1CCc2cc(C(O)(C(F)(F)F)C(F)(F)F)ccc2N(C(=O)C(C)c2ccccc2)C1. The van der Waals surface area contributed by atoms with Crippen molar-refractivity contribution in [2.75, 3.05) is 11.4 Å². The molecule has 0 bridgehead atoms. The predicted octanol–water partition coefficient (Wildman–Crippen LogP) is 7.15. The first kappa shape index (κ1) is 29.5. The van der Waals surface area contributed by atoms with Crippen LogP contribution < -0.4 is 9.64 Å². The number of fused-ring (bicyclic) bond motifs is 1. The van der Waals surface area contributed by atoms with Crippen LogP contribution in [0.2, 0.25) is 0 Å². The highest BCUT2D eigenvalue weighted by Crippen LogP contribution is 2.51. The fourth-order valence-corrected chi connectivity index (χ4v) is 5.05. The number of alkyl halides is 6. The van der Waals surface area contributed by atoms with E-state index in [1.54, 1.807) is 37.3 Å². The number of aliphatic hydroxyl groups is 1. The maximum Gasteiger partial charge on any atom is 0.430 e. The minimum Gasteiger partial charge on any atom is -0.488 e. The van der Waals surface area contributed by atoms with Gasteiger partial charge in [0.2, 0.25) is 5.91 Å². The largest absolute Gasteiger partial charge is 0.488 e. The second kappa shape index (κ2) is 10.8. The van der Waals surface area contributed by atoms with Gasteiger partial charge in [0.1, 0.15) is 11.9 Å². The number of para-hydroxylation sites is 1. The quantitative estimate of drug-likeness (QED) is 0.335. The molecule has 4 nitrogen and oxygen atoms in total. The number of carbonyl (C=O) groups is 1. The van der Waals surface area contributed by atoms with Crippen LogP contribution in [0, 0.1) is 13.8 Å². The highest BCUT2D eigenvalue weighted by atomic mass is 19.4. The van der Waals surface area contributed by atoms with Gasteiger partial charge in [-0.2, -0.15) is 26.3 Å². The minimum absolute atomic E-state index is 0.0219. The van der Waals surface area contributed by atoms with Crippen LogP contribution in [0.15, 0.2) is 66.7 Å². The normalized spacial score (nSPS) is 17.1. The van der Waals surface area contributed by atoms with Crippen LogP contribution in [0.5, 0.6) is 5.75 Å². The third kappa shape index (κ3) is 5.41. The molecule has 0 saturated heterocycles. The molecule has 214 valence electrons. The zero-order valence-electron chi connectivity index (χ0n) is 22.1. The van der Waals surface area contributed by atoms with Crippen molar-refractivity contribution >= 4 is 11.6 Å². The van der Waals surface area contributed by atoms with Crippen molar-refractivity contribution in [1.82, 2.24) is 0 Å². The van der Waals surface area contributed by atoms with Crippen molar-refractivity contribution in [1.29, 1.82) is 0 Å². The second-order valence-corrected chi connectivity index (χ2v) is 10.1. The van der Waals surface area contributed by atoms with E-state index in [0.717, 1.165) is 17.2 Å². The third-order valence-electron chi connectivity index (χ3n) is 7.36. The summed E-state index contributed by atoms with van der Waals surface area (Å²) in [6.45, 7) is 5.42.